The SMILES string of the molecule is C#CC1CC(=O)N(CC(C)(OC)OC)C1. The molecule has 4 nitrogen and oxygen atoms in total. The smallest absolute Gasteiger partial charge is 0.224 e. The molecule has 0 aliphatic carbocycles. The summed E-state index contributed by atoms with van der Waals surface area (Å²) < 4.78 is 10.4. The second-order valence-corrected chi connectivity index (χ2v) is 3.88. The Bertz CT molecular complexity index is 278. The van der Waals surface area contributed by atoms with E-state index in [1.165, 1.54) is 0 Å². The first kappa shape index (κ1) is 12.0. The number of nitrogens with zero attached hydrogens (tertiary/aromatic N) is 1. The maximum atomic E-state index is 11.6. The van der Waals surface area contributed by atoms with E-state index in [-0.39, 0.29) is 11.8 Å². The number of carbonyl (C=O) groups is 1. The number of rotatable bonds is 4. The summed E-state index contributed by atoms with van der Waals surface area (Å²) in [6.07, 6.45) is 5.73. The van der Waals surface area contributed by atoms with Crippen LogP contribution in [0, 0.1) is 18.3 Å². The lowest BCUT2D eigenvalue weighted by molar-refractivity contribution is -0.203. The quantitative estimate of drug-likeness (QED) is 0.501. The first-order valence-electron chi connectivity index (χ1n) is 4.89. The average Bonchev–Trinajstić information content (AvgIpc) is 2.59. The second kappa shape index (κ2) is 4.65. The highest BCUT2D eigenvalue weighted by Gasteiger charge is 2.34. The van der Waals surface area contributed by atoms with Gasteiger partial charge in [-0.1, -0.05) is 0 Å². The third-order valence-corrected chi connectivity index (χ3v) is 2.79. The molecule has 1 aliphatic heterocycles. The zero-order chi connectivity index (χ0) is 11.5. The van der Waals surface area contributed by atoms with E-state index in [1.807, 2.05) is 0 Å². The Morgan fingerprint density at radius 3 is 2.60 bits per heavy atom. The van der Waals surface area contributed by atoms with E-state index in [4.69, 9.17) is 15.9 Å². The molecule has 4 heteroatoms. The highest BCUT2D eigenvalue weighted by atomic mass is 16.7. The Balaban J connectivity index is 2.60. The van der Waals surface area contributed by atoms with E-state index in [0.717, 1.165) is 0 Å². The monoisotopic (exact) mass is 211 g/mol. The van der Waals surface area contributed by atoms with Gasteiger partial charge in [0.15, 0.2) is 5.79 Å². The fourth-order valence-electron chi connectivity index (χ4n) is 1.60. The van der Waals surface area contributed by atoms with Crippen LogP contribution in [0.25, 0.3) is 0 Å². The van der Waals surface area contributed by atoms with Crippen LogP contribution in [0.2, 0.25) is 0 Å². The van der Waals surface area contributed by atoms with Crippen LogP contribution in [0.3, 0.4) is 0 Å². The van der Waals surface area contributed by atoms with E-state index in [0.29, 0.717) is 19.5 Å². The third-order valence-electron chi connectivity index (χ3n) is 2.79. The topological polar surface area (TPSA) is 38.8 Å². The van der Waals surface area contributed by atoms with Gasteiger partial charge in [0.1, 0.15) is 0 Å². The maximum absolute atomic E-state index is 11.6. The molecule has 0 N–H and O–H groups in total. The lowest BCUT2D eigenvalue weighted by atomic mass is 10.1. The van der Waals surface area contributed by atoms with Crippen LogP contribution >= 0.6 is 0 Å². The van der Waals surface area contributed by atoms with Gasteiger partial charge in [0, 0.05) is 33.1 Å². The summed E-state index contributed by atoms with van der Waals surface area (Å²) in [5.41, 5.74) is 0. The first-order chi connectivity index (χ1) is 7.04. The molecule has 1 aliphatic rings. The average molecular weight is 211 g/mol. The summed E-state index contributed by atoms with van der Waals surface area (Å²) in [7, 11) is 3.12. The Labute approximate surface area is 90.5 Å². The van der Waals surface area contributed by atoms with Gasteiger partial charge < -0.3 is 14.4 Å². The number of hydrogen-bond donors (Lipinski definition) is 0. The highest BCUT2D eigenvalue weighted by Crippen LogP contribution is 2.21. The molecule has 15 heavy (non-hydrogen) atoms. The third kappa shape index (κ3) is 2.71. The van der Waals surface area contributed by atoms with Crippen LogP contribution in [0.15, 0.2) is 0 Å². The van der Waals surface area contributed by atoms with E-state index >= 15 is 0 Å². The molecule has 0 aromatic carbocycles. The molecule has 0 aromatic heterocycles. The van der Waals surface area contributed by atoms with Crippen LogP contribution in [-0.2, 0) is 14.3 Å². The fourth-order valence-corrected chi connectivity index (χ4v) is 1.60. The lowest BCUT2D eigenvalue weighted by Gasteiger charge is -2.31. The van der Waals surface area contributed by atoms with Gasteiger partial charge in [-0.2, -0.15) is 0 Å². The highest BCUT2D eigenvalue weighted by molar-refractivity contribution is 5.79. The number of amides is 1. The number of likely N-dealkylation sites (tertiary alicyclic amines) is 1. The van der Waals surface area contributed by atoms with Gasteiger partial charge in [-0.3, -0.25) is 4.79 Å². The maximum Gasteiger partial charge on any atom is 0.224 e. The van der Waals surface area contributed by atoms with Crippen molar-refractivity contribution in [3.63, 3.8) is 0 Å². The molecule has 0 radical (unpaired) electrons. The normalized spacial score (nSPS) is 21.9. The Kier molecular flexibility index (Phi) is 3.72. The molecule has 1 fully saturated rings. The van der Waals surface area contributed by atoms with Crippen LogP contribution in [0.1, 0.15) is 13.3 Å². The van der Waals surface area contributed by atoms with Gasteiger partial charge in [-0.15, -0.1) is 12.3 Å². The van der Waals surface area contributed by atoms with Crippen molar-refractivity contribution in [3.05, 3.63) is 0 Å². The van der Waals surface area contributed by atoms with Crippen molar-refractivity contribution in [2.24, 2.45) is 5.92 Å². The molecule has 1 saturated heterocycles. The van der Waals surface area contributed by atoms with Gasteiger partial charge in [-0.25, -0.2) is 0 Å². The molecule has 84 valence electrons. The van der Waals surface area contributed by atoms with Crippen LogP contribution in [-0.4, -0.2) is 43.9 Å². The van der Waals surface area contributed by atoms with E-state index < -0.39 is 5.79 Å². The molecular weight excluding hydrogens is 194 g/mol. The fraction of sp³-hybridized carbons (Fsp3) is 0.727. The number of terminal acetylenes is 1. The molecular formula is C11H17NO3. The number of hydrogen-bond acceptors (Lipinski definition) is 3. The zero-order valence-corrected chi connectivity index (χ0v) is 9.45. The number of carbonyl (C=O) groups excluding carboxylic acids is 1. The van der Waals surface area contributed by atoms with Crippen LogP contribution in [0.5, 0.6) is 0 Å². The van der Waals surface area contributed by atoms with E-state index in [1.54, 1.807) is 26.0 Å². The van der Waals surface area contributed by atoms with Gasteiger partial charge >= 0.3 is 0 Å². The van der Waals surface area contributed by atoms with E-state index in [2.05, 4.69) is 5.92 Å². The van der Waals surface area contributed by atoms with Gasteiger partial charge in [0.2, 0.25) is 5.91 Å². The predicted octanol–water partition coefficient (Wildman–Crippen LogP) is 0.477. The summed E-state index contributed by atoms with van der Waals surface area (Å²) in [6, 6.07) is 0. The van der Waals surface area contributed by atoms with Crippen molar-refractivity contribution in [3.8, 4) is 12.3 Å². The van der Waals surface area contributed by atoms with E-state index in [9.17, 15) is 4.79 Å². The molecule has 1 atom stereocenters. The summed E-state index contributed by atoms with van der Waals surface area (Å²) >= 11 is 0. The van der Waals surface area contributed by atoms with Crippen LogP contribution < -0.4 is 0 Å². The van der Waals surface area contributed by atoms with Crippen molar-refractivity contribution >= 4 is 5.91 Å². The minimum atomic E-state index is -0.751. The minimum absolute atomic E-state index is 0.0236. The molecule has 1 rings (SSSR count). The van der Waals surface area contributed by atoms with Gasteiger partial charge in [0.25, 0.3) is 0 Å². The zero-order valence-electron chi connectivity index (χ0n) is 9.45. The van der Waals surface area contributed by atoms with Crippen molar-refractivity contribution in [2.45, 2.75) is 19.1 Å². The molecule has 1 heterocycles. The van der Waals surface area contributed by atoms with Gasteiger partial charge in [-0.05, 0) is 6.92 Å². The molecule has 1 unspecified atom stereocenters. The van der Waals surface area contributed by atoms with Crippen molar-refractivity contribution in [2.75, 3.05) is 27.3 Å². The summed E-state index contributed by atoms with van der Waals surface area (Å²) in [5, 5.41) is 0. The largest absolute Gasteiger partial charge is 0.352 e. The van der Waals surface area contributed by atoms with Crippen molar-refractivity contribution < 1.29 is 14.3 Å². The summed E-state index contributed by atoms with van der Waals surface area (Å²) in [4.78, 5) is 13.3. The van der Waals surface area contributed by atoms with Crippen molar-refractivity contribution in [1.82, 2.24) is 4.90 Å². The number of ether oxygens (including phenoxy) is 2. The molecule has 0 saturated carbocycles. The van der Waals surface area contributed by atoms with Crippen LogP contribution in [0.4, 0.5) is 0 Å². The Morgan fingerprint density at radius 2 is 2.20 bits per heavy atom. The molecule has 0 spiro atoms. The standard InChI is InChI=1S/C11H17NO3/c1-5-9-6-10(13)12(7-9)8-11(2,14-3)15-4/h1,9H,6-8H2,2-4H3. The Hall–Kier alpha value is -1.05. The lowest BCUT2D eigenvalue weighted by Crippen LogP contribution is -2.44. The summed E-state index contributed by atoms with van der Waals surface area (Å²) in [5.74, 6) is 1.94. The molecule has 1 amide bonds. The van der Waals surface area contributed by atoms with Crippen molar-refractivity contribution in [1.29, 1.82) is 0 Å². The minimum Gasteiger partial charge on any atom is -0.352 e. The Morgan fingerprint density at radius 1 is 1.60 bits per heavy atom. The first-order valence-corrected chi connectivity index (χ1v) is 4.89. The number of methoxy groups -OCH3 is 2. The second-order valence-electron chi connectivity index (χ2n) is 3.88. The molecule has 0 bridgehead atoms. The van der Waals surface area contributed by atoms with Gasteiger partial charge in [0.05, 0.1) is 6.54 Å². The molecule has 0 aromatic rings. The summed E-state index contributed by atoms with van der Waals surface area (Å²) in [6.45, 7) is 2.80. The predicted molar refractivity (Wildman–Crippen MR) is 55.9 cm³/mol.